The molecule has 0 aliphatic carbocycles. The van der Waals surface area contributed by atoms with Crippen molar-refractivity contribution in [3.8, 4) is 5.75 Å². The van der Waals surface area contributed by atoms with Gasteiger partial charge < -0.3 is 15.4 Å². The number of ether oxygens (including phenoxy) is 1. The van der Waals surface area contributed by atoms with E-state index in [0.717, 1.165) is 6.42 Å². The van der Waals surface area contributed by atoms with Crippen LogP contribution in [0.4, 0.5) is 4.39 Å². The number of hydrogen-bond donors (Lipinski definition) is 2. The van der Waals surface area contributed by atoms with E-state index in [0.29, 0.717) is 43.5 Å². The average Bonchev–Trinajstić information content (AvgIpc) is 3.20. The zero-order valence-electron chi connectivity index (χ0n) is 18.8. The Morgan fingerprint density at radius 3 is 2.70 bits per heavy atom. The van der Waals surface area contributed by atoms with Crippen LogP contribution in [0.5, 0.6) is 5.75 Å². The predicted molar refractivity (Wildman–Crippen MR) is 127 cm³/mol. The largest absolute Gasteiger partial charge is 0.497 e. The summed E-state index contributed by atoms with van der Waals surface area (Å²) in [6.45, 7) is 0.541. The van der Waals surface area contributed by atoms with Crippen molar-refractivity contribution in [1.82, 2.24) is 10.6 Å². The summed E-state index contributed by atoms with van der Waals surface area (Å²) in [6, 6.07) is 19.2. The van der Waals surface area contributed by atoms with E-state index < -0.39 is 5.54 Å². The van der Waals surface area contributed by atoms with E-state index in [-0.39, 0.29) is 24.1 Å². The van der Waals surface area contributed by atoms with Crippen LogP contribution >= 0.6 is 0 Å². The molecule has 1 aliphatic heterocycles. The second-order valence-corrected chi connectivity index (χ2v) is 8.70. The molecule has 1 atom stereocenters. The molecule has 2 N–H and O–H groups in total. The molecular formula is C27H29FN2O3. The summed E-state index contributed by atoms with van der Waals surface area (Å²) in [4.78, 5) is 24.6. The molecule has 0 radical (unpaired) electrons. The van der Waals surface area contributed by atoms with Crippen molar-refractivity contribution in [2.75, 3.05) is 13.7 Å². The molecule has 0 spiro atoms. The molecule has 5 nitrogen and oxygen atoms in total. The van der Waals surface area contributed by atoms with Crippen LogP contribution in [-0.2, 0) is 22.4 Å². The summed E-state index contributed by atoms with van der Waals surface area (Å²) in [7, 11) is 1.49. The number of rotatable bonds is 9. The van der Waals surface area contributed by atoms with Crippen LogP contribution in [0.25, 0.3) is 10.8 Å². The molecule has 1 aliphatic rings. The SMILES string of the molecule is COc1ccc(C[C@@]2(CCC(=O)NCCc3cccc4ccccc34)CCC(=O)N2)c(F)c1. The number of benzene rings is 3. The lowest BCUT2D eigenvalue weighted by Crippen LogP contribution is -2.44. The lowest BCUT2D eigenvalue weighted by Gasteiger charge is -2.29. The van der Waals surface area contributed by atoms with E-state index in [1.54, 1.807) is 12.1 Å². The van der Waals surface area contributed by atoms with Crippen molar-refractivity contribution >= 4 is 22.6 Å². The highest BCUT2D eigenvalue weighted by molar-refractivity contribution is 5.85. The fraction of sp³-hybridized carbons (Fsp3) is 0.333. The van der Waals surface area contributed by atoms with Gasteiger partial charge in [-0.3, -0.25) is 9.59 Å². The second kappa shape index (κ2) is 10.0. The van der Waals surface area contributed by atoms with Gasteiger partial charge in [-0.1, -0.05) is 48.5 Å². The summed E-state index contributed by atoms with van der Waals surface area (Å²) in [5, 5.41) is 8.39. The van der Waals surface area contributed by atoms with Crippen LogP contribution in [0.15, 0.2) is 60.7 Å². The molecule has 0 bridgehead atoms. The van der Waals surface area contributed by atoms with Gasteiger partial charge in [0.2, 0.25) is 11.8 Å². The third-order valence-electron chi connectivity index (χ3n) is 6.45. The number of nitrogens with one attached hydrogen (secondary N) is 2. The van der Waals surface area contributed by atoms with Gasteiger partial charge in [0.05, 0.1) is 7.11 Å². The number of methoxy groups -OCH3 is 1. The molecule has 0 aromatic heterocycles. The third kappa shape index (κ3) is 5.51. The number of hydrogen-bond acceptors (Lipinski definition) is 3. The highest BCUT2D eigenvalue weighted by Crippen LogP contribution is 2.31. The molecule has 3 aromatic rings. The minimum atomic E-state index is -0.612. The fourth-order valence-electron chi connectivity index (χ4n) is 4.63. The monoisotopic (exact) mass is 448 g/mol. The fourth-order valence-corrected chi connectivity index (χ4v) is 4.63. The van der Waals surface area contributed by atoms with E-state index in [1.165, 1.54) is 29.5 Å². The molecule has 33 heavy (non-hydrogen) atoms. The maximum absolute atomic E-state index is 14.5. The Morgan fingerprint density at radius 2 is 1.94 bits per heavy atom. The Kier molecular flexibility index (Phi) is 6.92. The summed E-state index contributed by atoms with van der Waals surface area (Å²) in [5.41, 5.74) is 1.09. The van der Waals surface area contributed by atoms with E-state index in [1.807, 2.05) is 18.2 Å². The maximum Gasteiger partial charge on any atom is 0.220 e. The van der Waals surface area contributed by atoms with E-state index >= 15 is 0 Å². The lowest BCUT2D eigenvalue weighted by atomic mass is 9.84. The van der Waals surface area contributed by atoms with Crippen LogP contribution in [0.1, 0.15) is 36.8 Å². The van der Waals surface area contributed by atoms with Gasteiger partial charge in [0.15, 0.2) is 0 Å². The Morgan fingerprint density at radius 1 is 1.12 bits per heavy atom. The Labute approximate surface area is 193 Å². The standard InChI is InChI=1S/C27H29FN2O3/c1-33-22-10-9-21(24(28)17-22)18-27(15-12-26(32)30-27)14-11-25(31)29-16-13-20-7-4-6-19-5-2-3-8-23(19)20/h2-10,17H,11-16,18H2,1H3,(H,29,31)(H,30,32)/t27-/m1/s1. The maximum atomic E-state index is 14.5. The Balaban J connectivity index is 1.34. The van der Waals surface area contributed by atoms with Crippen molar-refractivity contribution < 1.29 is 18.7 Å². The molecular weight excluding hydrogens is 419 g/mol. The molecule has 2 amide bonds. The van der Waals surface area contributed by atoms with Gasteiger partial charge in [-0.25, -0.2) is 4.39 Å². The minimum Gasteiger partial charge on any atom is -0.497 e. The highest BCUT2D eigenvalue weighted by Gasteiger charge is 2.38. The van der Waals surface area contributed by atoms with Crippen molar-refractivity contribution in [3.63, 3.8) is 0 Å². The topological polar surface area (TPSA) is 67.4 Å². The zero-order valence-corrected chi connectivity index (χ0v) is 18.8. The molecule has 1 heterocycles. The number of carbonyl (C=O) groups is 2. The summed E-state index contributed by atoms with van der Waals surface area (Å²) < 4.78 is 19.6. The molecule has 1 saturated heterocycles. The first-order valence-corrected chi connectivity index (χ1v) is 11.3. The van der Waals surface area contributed by atoms with Crippen molar-refractivity contribution in [2.45, 2.75) is 44.1 Å². The van der Waals surface area contributed by atoms with Gasteiger partial charge in [0.25, 0.3) is 0 Å². The van der Waals surface area contributed by atoms with Gasteiger partial charge in [-0.05, 0) is 53.6 Å². The van der Waals surface area contributed by atoms with Crippen LogP contribution in [0.3, 0.4) is 0 Å². The summed E-state index contributed by atoms with van der Waals surface area (Å²) in [6.07, 6.45) is 2.79. The molecule has 6 heteroatoms. The second-order valence-electron chi connectivity index (χ2n) is 8.70. The van der Waals surface area contributed by atoms with Crippen LogP contribution in [0, 0.1) is 5.82 Å². The molecule has 0 unspecified atom stereocenters. The first-order chi connectivity index (χ1) is 16.0. The number of carbonyl (C=O) groups excluding carboxylic acids is 2. The number of halogens is 1. The first kappa shape index (κ1) is 22.8. The zero-order chi connectivity index (χ0) is 23.3. The van der Waals surface area contributed by atoms with Crippen molar-refractivity contribution in [2.24, 2.45) is 0 Å². The van der Waals surface area contributed by atoms with Gasteiger partial charge in [0, 0.05) is 31.0 Å². The molecule has 172 valence electrons. The van der Waals surface area contributed by atoms with Gasteiger partial charge in [0.1, 0.15) is 11.6 Å². The summed E-state index contributed by atoms with van der Waals surface area (Å²) >= 11 is 0. The van der Waals surface area contributed by atoms with Crippen LogP contribution < -0.4 is 15.4 Å². The van der Waals surface area contributed by atoms with Crippen LogP contribution in [0.2, 0.25) is 0 Å². The van der Waals surface area contributed by atoms with Crippen molar-refractivity contribution in [3.05, 3.63) is 77.6 Å². The number of amides is 2. The molecule has 0 saturated carbocycles. The van der Waals surface area contributed by atoms with Gasteiger partial charge in [-0.15, -0.1) is 0 Å². The molecule has 4 rings (SSSR count). The van der Waals surface area contributed by atoms with E-state index in [4.69, 9.17) is 4.74 Å². The normalized spacial score (nSPS) is 17.7. The van der Waals surface area contributed by atoms with Gasteiger partial charge >= 0.3 is 0 Å². The third-order valence-corrected chi connectivity index (χ3v) is 6.45. The number of fused-ring (bicyclic) bond motifs is 1. The first-order valence-electron chi connectivity index (χ1n) is 11.3. The quantitative estimate of drug-likeness (QED) is 0.512. The van der Waals surface area contributed by atoms with E-state index in [2.05, 4.69) is 34.9 Å². The summed E-state index contributed by atoms with van der Waals surface area (Å²) in [5.74, 6) is -0.0352. The molecule has 1 fully saturated rings. The average molecular weight is 449 g/mol. The minimum absolute atomic E-state index is 0.0553. The van der Waals surface area contributed by atoms with Gasteiger partial charge in [-0.2, -0.15) is 0 Å². The van der Waals surface area contributed by atoms with Crippen molar-refractivity contribution in [1.29, 1.82) is 0 Å². The Hall–Kier alpha value is -3.41. The highest BCUT2D eigenvalue weighted by atomic mass is 19.1. The molecule has 3 aromatic carbocycles. The predicted octanol–water partition coefficient (Wildman–Crippen LogP) is 4.32. The van der Waals surface area contributed by atoms with Crippen LogP contribution in [-0.4, -0.2) is 31.0 Å². The van der Waals surface area contributed by atoms with E-state index in [9.17, 15) is 14.0 Å². The smallest absolute Gasteiger partial charge is 0.220 e. The lowest BCUT2D eigenvalue weighted by molar-refractivity contribution is -0.122. The Bertz CT molecular complexity index is 1160.